The number of nitrogens with zero attached hydrogens (tertiary/aromatic N) is 3. The van der Waals surface area contributed by atoms with Gasteiger partial charge in [-0.05, 0) is 42.7 Å². The lowest BCUT2D eigenvalue weighted by Crippen LogP contribution is -2.56. The summed E-state index contributed by atoms with van der Waals surface area (Å²) in [5, 5.41) is 1.78. The van der Waals surface area contributed by atoms with Gasteiger partial charge in [0.15, 0.2) is 0 Å². The van der Waals surface area contributed by atoms with Crippen LogP contribution in [-0.4, -0.2) is 23.8 Å². The van der Waals surface area contributed by atoms with Crippen LogP contribution < -0.4 is 10.4 Å². The van der Waals surface area contributed by atoms with Gasteiger partial charge in [-0.2, -0.15) is 13.2 Å². The highest BCUT2D eigenvalue weighted by molar-refractivity contribution is 7.98. The monoisotopic (exact) mass is 388 g/mol. The zero-order chi connectivity index (χ0) is 19.1. The molecule has 1 unspecified atom stereocenters. The van der Waals surface area contributed by atoms with Gasteiger partial charge >= 0.3 is 6.18 Å². The maximum absolute atomic E-state index is 14.3. The van der Waals surface area contributed by atoms with E-state index in [4.69, 9.17) is 0 Å². The minimum absolute atomic E-state index is 0.191. The van der Waals surface area contributed by atoms with Crippen LogP contribution in [0.25, 0.3) is 10.9 Å². The molecule has 0 aliphatic carbocycles. The molecule has 1 aliphatic heterocycles. The van der Waals surface area contributed by atoms with Gasteiger partial charge in [0.1, 0.15) is 12.0 Å². The zero-order valence-electron chi connectivity index (χ0n) is 14.2. The second-order valence-corrected chi connectivity index (χ2v) is 6.86. The molecule has 1 aromatic heterocycles. The molecule has 0 amide bonds. The molecular weight excluding hydrogens is 373 g/mol. The van der Waals surface area contributed by atoms with Crippen LogP contribution in [0.3, 0.4) is 0 Å². The number of thioether (sulfide) groups is 1. The van der Waals surface area contributed by atoms with E-state index in [1.165, 1.54) is 17.8 Å². The summed E-state index contributed by atoms with van der Waals surface area (Å²) in [5.74, 6) is 0. The molecule has 0 bridgehead atoms. The summed E-state index contributed by atoms with van der Waals surface area (Å²) in [6, 6.07) is 16.9. The molecule has 4 rings (SSSR count). The summed E-state index contributed by atoms with van der Waals surface area (Å²) in [6.07, 6.45) is -1.72. The number of hydrogen-bond acceptors (Lipinski definition) is 5. The third-order valence-corrected chi connectivity index (χ3v) is 5.19. The zero-order valence-corrected chi connectivity index (χ0v) is 15.1. The Labute approximate surface area is 158 Å². The van der Waals surface area contributed by atoms with Crippen molar-refractivity contribution in [3.8, 4) is 0 Å². The van der Waals surface area contributed by atoms with Crippen molar-refractivity contribution in [3.05, 3.63) is 66.4 Å². The molecule has 3 aromatic rings. The first-order valence-corrected chi connectivity index (χ1v) is 9.35. The van der Waals surface area contributed by atoms with E-state index in [-0.39, 0.29) is 5.69 Å². The molecular formula is C19H15F3N4S. The summed E-state index contributed by atoms with van der Waals surface area (Å²) >= 11 is 1.52. The number of nitrogens with one attached hydrogen (secondary N) is 1. The molecule has 0 fully saturated rings. The van der Waals surface area contributed by atoms with Crippen LogP contribution in [-0.2, 0) is 5.66 Å². The maximum atomic E-state index is 14.3. The summed E-state index contributed by atoms with van der Waals surface area (Å²) in [5.41, 5.74) is 0.627. The predicted molar refractivity (Wildman–Crippen MR) is 102 cm³/mol. The van der Waals surface area contributed by atoms with Gasteiger partial charge in [-0.25, -0.2) is 15.0 Å². The summed E-state index contributed by atoms with van der Waals surface area (Å²) in [4.78, 5) is 9.06. The van der Waals surface area contributed by atoms with E-state index < -0.39 is 11.8 Å². The lowest BCUT2D eigenvalue weighted by Gasteiger charge is -2.37. The Morgan fingerprint density at radius 3 is 2.44 bits per heavy atom. The van der Waals surface area contributed by atoms with Crippen molar-refractivity contribution in [1.29, 1.82) is 0 Å². The average molecular weight is 388 g/mol. The molecule has 4 nitrogen and oxygen atoms in total. The Hall–Kier alpha value is -2.74. The molecule has 27 heavy (non-hydrogen) atoms. The molecule has 2 aromatic carbocycles. The fourth-order valence-electron chi connectivity index (χ4n) is 3.11. The van der Waals surface area contributed by atoms with Crippen LogP contribution >= 0.6 is 11.8 Å². The van der Waals surface area contributed by atoms with E-state index in [1.807, 2.05) is 12.3 Å². The lowest BCUT2D eigenvalue weighted by atomic mass is 10.0. The van der Waals surface area contributed by atoms with Crippen LogP contribution in [0.4, 0.5) is 18.9 Å². The summed E-state index contributed by atoms with van der Waals surface area (Å²) in [6.45, 7) is 0. The maximum Gasteiger partial charge on any atom is 0.440 e. The van der Waals surface area contributed by atoms with Crippen molar-refractivity contribution in [2.75, 3.05) is 11.3 Å². The van der Waals surface area contributed by atoms with Crippen molar-refractivity contribution in [2.24, 2.45) is 4.99 Å². The lowest BCUT2D eigenvalue weighted by molar-refractivity contribution is -0.188. The molecule has 0 spiro atoms. The highest BCUT2D eigenvalue weighted by Gasteiger charge is 2.64. The van der Waals surface area contributed by atoms with Gasteiger partial charge in [0.2, 0.25) is 0 Å². The van der Waals surface area contributed by atoms with E-state index in [0.717, 1.165) is 21.6 Å². The normalized spacial score (nSPS) is 19.5. The molecule has 1 aliphatic rings. The van der Waals surface area contributed by atoms with Crippen molar-refractivity contribution >= 4 is 34.7 Å². The first-order valence-electron chi connectivity index (χ1n) is 8.13. The fourth-order valence-corrected chi connectivity index (χ4v) is 3.52. The predicted octanol–water partition coefficient (Wildman–Crippen LogP) is 4.72. The van der Waals surface area contributed by atoms with Crippen LogP contribution in [0.5, 0.6) is 0 Å². The molecule has 2 heterocycles. The number of para-hydroxylation sites is 1. The second kappa shape index (κ2) is 6.45. The Kier molecular flexibility index (Phi) is 4.22. The minimum Gasteiger partial charge on any atom is -0.285 e. The van der Waals surface area contributed by atoms with Gasteiger partial charge < -0.3 is 0 Å². The molecule has 1 atom stereocenters. The minimum atomic E-state index is -4.69. The molecule has 8 heteroatoms. The Balaban J connectivity index is 1.89. The third-order valence-electron chi connectivity index (χ3n) is 4.44. The van der Waals surface area contributed by atoms with Crippen LogP contribution in [0.2, 0.25) is 0 Å². The van der Waals surface area contributed by atoms with Crippen molar-refractivity contribution in [3.63, 3.8) is 0 Å². The van der Waals surface area contributed by atoms with E-state index in [1.54, 1.807) is 48.5 Å². The van der Waals surface area contributed by atoms with Crippen LogP contribution in [0.15, 0.2) is 70.6 Å². The second-order valence-electron chi connectivity index (χ2n) is 5.98. The SMILES string of the molecule is CSc1ccc(N2NC=NC2(c2ccc3ccccc3n2)C(F)(F)F)cc1. The number of aliphatic imine (C=N–C) groups is 1. The average Bonchev–Trinajstić information content (AvgIpc) is 3.14. The van der Waals surface area contributed by atoms with Gasteiger partial charge in [0.05, 0.1) is 11.2 Å². The first kappa shape index (κ1) is 17.7. The quantitative estimate of drug-likeness (QED) is 0.659. The topological polar surface area (TPSA) is 40.5 Å². The molecule has 1 N–H and O–H groups in total. The fraction of sp³-hybridized carbons (Fsp3) is 0.158. The number of halogens is 3. The standard InChI is InChI=1S/C19H15F3N4S/c1-27-15-9-7-14(8-10-15)26-18(19(20,21)22,23-12-24-26)17-11-6-13-4-2-3-5-16(13)25-17/h2-12H,1H3,(H,23,24). The number of hydrogen-bond donors (Lipinski definition) is 1. The summed E-state index contributed by atoms with van der Waals surface area (Å²) < 4.78 is 43.0. The van der Waals surface area contributed by atoms with Crippen molar-refractivity contribution < 1.29 is 13.2 Å². The van der Waals surface area contributed by atoms with Gasteiger partial charge in [0.25, 0.3) is 5.66 Å². The highest BCUT2D eigenvalue weighted by Crippen LogP contribution is 2.47. The van der Waals surface area contributed by atoms with E-state index in [0.29, 0.717) is 11.2 Å². The number of aromatic nitrogens is 1. The summed E-state index contributed by atoms with van der Waals surface area (Å²) in [7, 11) is 0. The number of benzene rings is 2. The third kappa shape index (κ3) is 2.80. The largest absolute Gasteiger partial charge is 0.440 e. The van der Waals surface area contributed by atoms with Gasteiger partial charge in [-0.3, -0.25) is 5.43 Å². The van der Waals surface area contributed by atoms with Gasteiger partial charge in [-0.1, -0.05) is 24.3 Å². The molecule has 138 valence electrons. The number of pyridine rings is 1. The molecule has 0 radical (unpaired) electrons. The van der Waals surface area contributed by atoms with Crippen molar-refractivity contribution in [2.45, 2.75) is 16.7 Å². The van der Waals surface area contributed by atoms with E-state index in [2.05, 4.69) is 15.4 Å². The van der Waals surface area contributed by atoms with E-state index >= 15 is 0 Å². The molecule has 0 saturated carbocycles. The highest BCUT2D eigenvalue weighted by atomic mass is 32.2. The first-order chi connectivity index (χ1) is 13.0. The number of anilines is 1. The Bertz CT molecular complexity index is 1000. The number of fused-ring (bicyclic) bond motifs is 1. The number of alkyl halides is 3. The van der Waals surface area contributed by atoms with Crippen LogP contribution in [0.1, 0.15) is 5.69 Å². The number of hydrazine groups is 1. The van der Waals surface area contributed by atoms with E-state index in [9.17, 15) is 13.2 Å². The van der Waals surface area contributed by atoms with Crippen LogP contribution in [0, 0.1) is 0 Å². The number of rotatable bonds is 3. The smallest absolute Gasteiger partial charge is 0.285 e. The Morgan fingerprint density at radius 2 is 1.74 bits per heavy atom. The molecule has 0 saturated heterocycles. The van der Waals surface area contributed by atoms with Crippen molar-refractivity contribution in [1.82, 2.24) is 10.4 Å². The van der Waals surface area contributed by atoms with Gasteiger partial charge in [0, 0.05) is 10.3 Å². The Morgan fingerprint density at radius 1 is 1.00 bits per heavy atom. The van der Waals surface area contributed by atoms with Gasteiger partial charge in [-0.15, -0.1) is 11.8 Å².